The van der Waals surface area contributed by atoms with Gasteiger partial charge in [0, 0.05) is 17.8 Å². The minimum Gasteiger partial charge on any atom is -0.337 e. The Kier molecular flexibility index (Phi) is 3.93. The Labute approximate surface area is 159 Å². The maximum atomic E-state index is 12.7. The molecule has 1 atom stereocenters. The summed E-state index contributed by atoms with van der Waals surface area (Å²) in [7, 11) is 0. The molecule has 2 N–H and O–H groups in total. The fraction of sp³-hybridized carbons (Fsp3) is 0.368. The standard InChI is InChI=1S/C19H19N5O2S/c25-17(15-6-3-9-24(15)18(26)11-7-8-11)23-19-22-14(10-27-19)16-20-12-4-1-2-5-13(12)21-16/h1-2,4-5,10-11,15H,3,6-9H2,(H,20,21)(H,22,23,25)/t15-/m0/s1. The zero-order valence-corrected chi connectivity index (χ0v) is 15.5. The Morgan fingerprint density at radius 3 is 2.85 bits per heavy atom. The number of aromatic nitrogens is 3. The van der Waals surface area contributed by atoms with Crippen molar-refractivity contribution in [2.75, 3.05) is 11.9 Å². The van der Waals surface area contributed by atoms with Crippen molar-refractivity contribution in [1.29, 1.82) is 0 Å². The predicted octanol–water partition coefficient (Wildman–Crippen LogP) is 3.03. The highest BCUT2D eigenvalue weighted by atomic mass is 32.1. The average Bonchev–Trinajstić information content (AvgIpc) is 3.09. The molecule has 2 aromatic heterocycles. The van der Waals surface area contributed by atoms with Gasteiger partial charge in [-0.15, -0.1) is 11.3 Å². The van der Waals surface area contributed by atoms with Crippen LogP contribution >= 0.6 is 11.3 Å². The molecule has 1 aliphatic heterocycles. The highest BCUT2D eigenvalue weighted by molar-refractivity contribution is 7.14. The van der Waals surface area contributed by atoms with E-state index in [9.17, 15) is 9.59 Å². The number of fused-ring (bicyclic) bond motifs is 1. The molecule has 1 saturated heterocycles. The van der Waals surface area contributed by atoms with Gasteiger partial charge in [-0.2, -0.15) is 0 Å². The first kappa shape index (κ1) is 16.4. The van der Waals surface area contributed by atoms with Crippen molar-refractivity contribution in [3.63, 3.8) is 0 Å². The second-order valence-electron chi connectivity index (χ2n) is 7.09. The average molecular weight is 381 g/mol. The van der Waals surface area contributed by atoms with E-state index in [1.54, 1.807) is 4.90 Å². The van der Waals surface area contributed by atoms with E-state index in [0.717, 1.165) is 30.3 Å². The number of imidazole rings is 1. The summed E-state index contributed by atoms with van der Waals surface area (Å²) in [5.41, 5.74) is 2.53. The molecule has 8 heteroatoms. The first-order valence-corrected chi connectivity index (χ1v) is 10.1. The number of anilines is 1. The van der Waals surface area contributed by atoms with Crippen molar-refractivity contribution < 1.29 is 9.59 Å². The van der Waals surface area contributed by atoms with Crippen LogP contribution in [0.4, 0.5) is 5.13 Å². The van der Waals surface area contributed by atoms with Gasteiger partial charge in [0.1, 0.15) is 11.7 Å². The molecule has 2 amide bonds. The Bertz CT molecular complexity index is 989. The van der Waals surface area contributed by atoms with E-state index < -0.39 is 0 Å². The number of thiazole rings is 1. The monoisotopic (exact) mass is 381 g/mol. The van der Waals surface area contributed by atoms with Crippen LogP contribution in [0.1, 0.15) is 25.7 Å². The first-order chi connectivity index (χ1) is 13.2. The van der Waals surface area contributed by atoms with Crippen LogP contribution in [0.3, 0.4) is 0 Å². The summed E-state index contributed by atoms with van der Waals surface area (Å²) in [5.74, 6) is 0.805. The van der Waals surface area contributed by atoms with Crippen molar-refractivity contribution in [3.8, 4) is 11.5 Å². The second kappa shape index (κ2) is 6.45. The molecular formula is C19H19N5O2S. The summed E-state index contributed by atoms with van der Waals surface area (Å²) in [6, 6.07) is 7.42. The van der Waals surface area contributed by atoms with E-state index in [1.807, 2.05) is 29.6 Å². The molecule has 3 aromatic rings. The number of hydrogen-bond donors (Lipinski definition) is 2. The first-order valence-electron chi connectivity index (χ1n) is 9.21. The third kappa shape index (κ3) is 3.10. The van der Waals surface area contributed by atoms with Crippen LogP contribution in [0.2, 0.25) is 0 Å². The molecule has 5 rings (SSSR count). The number of benzene rings is 1. The Balaban J connectivity index is 1.31. The molecule has 3 heterocycles. The summed E-state index contributed by atoms with van der Waals surface area (Å²) in [6.07, 6.45) is 3.50. The number of para-hydroxylation sites is 2. The van der Waals surface area contributed by atoms with E-state index in [2.05, 4.69) is 20.3 Å². The summed E-state index contributed by atoms with van der Waals surface area (Å²) < 4.78 is 0. The smallest absolute Gasteiger partial charge is 0.248 e. The molecule has 0 unspecified atom stereocenters. The van der Waals surface area contributed by atoms with Gasteiger partial charge < -0.3 is 15.2 Å². The summed E-state index contributed by atoms with van der Waals surface area (Å²) in [4.78, 5) is 39.1. The van der Waals surface area contributed by atoms with Gasteiger partial charge in [0.15, 0.2) is 11.0 Å². The lowest BCUT2D eigenvalue weighted by atomic mass is 10.2. The van der Waals surface area contributed by atoms with Crippen molar-refractivity contribution in [3.05, 3.63) is 29.6 Å². The molecule has 2 aliphatic rings. The normalized spacial score (nSPS) is 19.6. The number of carbonyl (C=O) groups is 2. The van der Waals surface area contributed by atoms with Crippen molar-refractivity contribution in [1.82, 2.24) is 19.9 Å². The third-order valence-electron chi connectivity index (χ3n) is 5.13. The highest BCUT2D eigenvalue weighted by Gasteiger charge is 2.41. The van der Waals surface area contributed by atoms with E-state index in [4.69, 9.17) is 0 Å². The van der Waals surface area contributed by atoms with Gasteiger partial charge in [-0.25, -0.2) is 9.97 Å². The molecule has 0 bridgehead atoms. The number of likely N-dealkylation sites (tertiary alicyclic amines) is 1. The van der Waals surface area contributed by atoms with Crippen LogP contribution in [-0.2, 0) is 9.59 Å². The molecule has 1 saturated carbocycles. The number of H-pyrrole nitrogens is 1. The zero-order chi connectivity index (χ0) is 18.4. The van der Waals surface area contributed by atoms with E-state index in [0.29, 0.717) is 29.6 Å². The molecule has 27 heavy (non-hydrogen) atoms. The zero-order valence-electron chi connectivity index (χ0n) is 14.6. The van der Waals surface area contributed by atoms with E-state index in [1.165, 1.54) is 11.3 Å². The van der Waals surface area contributed by atoms with Crippen LogP contribution < -0.4 is 5.32 Å². The molecule has 7 nitrogen and oxygen atoms in total. The number of rotatable bonds is 4. The van der Waals surface area contributed by atoms with Crippen molar-refractivity contribution >= 4 is 39.3 Å². The van der Waals surface area contributed by atoms with Gasteiger partial charge in [0.25, 0.3) is 0 Å². The number of amides is 2. The summed E-state index contributed by atoms with van der Waals surface area (Å²) in [5, 5.41) is 5.28. The van der Waals surface area contributed by atoms with Gasteiger partial charge in [-0.05, 0) is 37.8 Å². The SMILES string of the molecule is O=C(Nc1nc(-c2nc3ccccc3[nH]2)cs1)[C@@H]1CCCN1C(=O)C1CC1. The Hall–Kier alpha value is -2.74. The number of carbonyl (C=O) groups excluding carboxylic acids is 2. The van der Waals surface area contributed by atoms with Gasteiger partial charge in [0.05, 0.1) is 11.0 Å². The van der Waals surface area contributed by atoms with E-state index in [-0.39, 0.29) is 23.8 Å². The highest BCUT2D eigenvalue weighted by Crippen LogP contribution is 2.34. The molecule has 2 fully saturated rings. The third-order valence-corrected chi connectivity index (χ3v) is 5.89. The quantitative estimate of drug-likeness (QED) is 0.727. The van der Waals surface area contributed by atoms with Crippen molar-refractivity contribution in [2.24, 2.45) is 5.92 Å². The minimum atomic E-state index is -0.378. The molecule has 1 aromatic carbocycles. The number of hydrogen-bond acceptors (Lipinski definition) is 5. The Morgan fingerprint density at radius 2 is 2.04 bits per heavy atom. The van der Waals surface area contributed by atoms with Gasteiger partial charge in [0.2, 0.25) is 11.8 Å². The lowest BCUT2D eigenvalue weighted by molar-refractivity contribution is -0.137. The number of nitrogens with one attached hydrogen (secondary N) is 2. The van der Waals surface area contributed by atoms with Crippen LogP contribution in [0.5, 0.6) is 0 Å². The topological polar surface area (TPSA) is 91.0 Å². The van der Waals surface area contributed by atoms with Crippen LogP contribution in [0.15, 0.2) is 29.6 Å². The van der Waals surface area contributed by atoms with E-state index >= 15 is 0 Å². The fourth-order valence-corrected chi connectivity index (χ4v) is 4.27. The van der Waals surface area contributed by atoms with Gasteiger partial charge >= 0.3 is 0 Å². The predicted molar refractivity (Wildman–Crippen MR) is 103 cm³/mol. The largest absolute Gasteiger partial charge is 0.337 e. The van der Waals surface area contributed by atoms with Gasteiger partial charge in [-0.1, -0.05) is 12.1 Å². The molecule has 0 spiro atoms. The Morgan fingerprint density at radius 1 is 1.19 bits per heavy atom. The van der Waals surface area contributed by atoms with Crippen LogP contribution in [0, 0.1) is 5.92 Å². The fourth-order valence-electron chi connectivity index (χ4n) is 3.57. The maximum absolute atomic E-state index is 12.7. The second-order valence-corrected chi connectivity index (χ2v) is 7.95. The lowest BCUT2D eigenvalue weighted by Gasteiger charge is -2.23. The van der Waals surface area contributed by atoms with Crippen molar-refractivity contribution in [2.45, 2.75) is 31.7 Å². The maximum Gasteiger partial charge on any atom is 0.248 e. The molecule has 1 aliphatic carbocycles. The molecular weight excluding hydrogens is 362 g/mol. The lowest BCUT2D eigenvalue weighted by Crippen LogP contribution is -2.43. The summed E-state index contributed by atoms with van der Waals surface area (Å²) in [6.45, 7) is 0.676. The van der Waals surface area contributed by atoms with Crippen LogP contribution in [-0.4, -0.2) is 44.3 Å². The van der Waals surface area contributed by atoms with Crippen LogP contribution in [0.25, 0.3) is 22.6 Å². The molecule has 0 radical (unpaired) electrons. The summed E-state index contributed by atoms with van der Waals surface area (Å²) >= 11 is 1.36. The van der Waals surface area contributed by atoms with Gasteiger partial charge in [-0.3, -0.25) is 9.59 Å². The molecule has 138 valence electrons. The number of aromatic amines is 1. The minimum absolute atomic E-state index is 0.134. The number of nitrogens with zero attached hydrogens (tertiary/aromatic N) is 3.